The molecule has 2 rings (SSSR count). The summed E-state index contributed by atoms with van der Waals surface area (Å²) in [5.74, 6) is -0.952. The van der Waals surface area contributed by atoms with Crippen LogP contribution in [-0.2, 0) is 9.53 Å². The van der Waals surface area contributed by atoms with Crippen LogP contribution in [-0.4, -0.2) is 35.0 Å². The van der Waals surface area contributed by atoms with E-state index < -0.39 is 17.5 Å². The Balaban J connectivity index is 2.09. The first-order valence-corrected chi connectivity index (χ1v) is 7.97. The van der Waals surface area contributed by atoms with Gasteiger partial charge in [0.1, 0.15) is 0 Å². The number of hydrogen-bond acceptors (Lipinski definition) is 3. The van der Waals surface area contributed by atoms with Gasteiger partial charge in [-0.2, -0.15) is 0 Å². The van der Waals surface area contributed by atoms with Crippen LogP contribution in [0.15, 0.2) is 0 Å². The summed E-state index contributed by atoms with van der Waals surface area (Å²) in [5, 5.41) is 20.3. The van der Waals surface area contributed by atoms with E-state index in [2.05, 4.69) is 0 Å². The van der Waals surface area contributed by atoms with E-state index >= 15 is 0 Å². The van der Waals surface area contributed by atoms with Gasteiger partial charge in [0.05, 0.1) is 17.6 Å². The lowest BCUT2D eigenvalue weighted by Gasteiger charge is -2.47. The second-order valence-corrected chi connectivity index (χ2v) is 6.68. The molecule has 4 heteroatoms. The minimum absolute atomic E-state index is 0.139. The minimum atomic E-state index is -1.02. The lowest BCUT2D eigenvalue weighted by molar-refractivity contribution is -0.165. The second-order valence-electron chi connectivity index (χ2n) is 6.68. The van der Waals surface area contributed by atoms with Gasteiger partial charge in [0.15, 0.2) is 0 Å². The third-order valence-corrected chi connectivity index (χ3v) is 5.73. The summed E-state index contributed by atoms with van der Waals surface area (Å²) in [6.07, 6.45) is 8.19. The molecule has 4 nitrogen and oxygen atoms in total. The molecular weight excluding hydrogens is 256 g/mol. The van der Waals surface area contributed by atoms with Crippen LogP contribution < -0.4 is 0 Å². The zero-order valence-corrected chi connectivity index (χ0v) is 12.7. The summed E-state index contributed by atoms with van der Waals surface area (Å²) in [6.45, 7) is 1.67. The fraction of sp³-hybridized carbons (Fsp3) is 0.938. The molecule has 3 unspecified atom stereocenters. The van der Waals surface area contributed by atoms with Gasteiger partial charge in [-0.25, -0.2) is 0 Å². The molecule has 0 aromatic rings. The highest BCUT2D eigenvalue weighted by molar-refractivity contribution is 5.71. The van der Waals surface area contributed by atoms with Crippen molar-refractivity contribution >= 4 is 5.97 Å². The van der Waals surface area contributed by atoms with Crippen LogP contribution >= 0.6 is 0 Å². The van der Waals surface area contributed by atoms with E-state index in [9.17, 15) is 15.0 Å². The molecule has 3 atom stereocenters. The SMILES string of the molecule is COC1CCC(C2CCCCC2(O)C(C)C(=O)O)CC1. The number of carboxylic acid groups (broad SMARTS) is 1. The van der Waals surface area contributed by atoms with Crippen LogP contribution in [0.4, 0.5) is 0 Å². The molecule has 0 amide bonds. The van der Waals surface area contributed by atoms with Crippen molar-refractivity contribution in [3.63, 3.8) is 0 Å². The van der Waals surface area contributed by atoms with Crippen LogP contribution in [0.1, 0.15) is 58.3 Å². The number of aliphatic carboxylic acids is 1. The molecule has 2 saturated carbocycles. The molecular formula is C16H28O4. The summed E-state index contributed by atoms with van der Waals surface area (Å²) in [4.78, 5) is 11.4. The van der Waals surface area contributed by atoms with E-state index in [4.69, 9.17) is 4.74 Å². The maximum Gasteiger partial charge on any atom is 0.309 e. The summed E-state index contributed by atoms with van der Waals surface area (Å²) >= 11 is 0. The fourth-order valence-electron chi connectivity index (χ4n) is 4.33. The number of ether oxygens (including phenoxy) is 1. The number of methoxy groups -OCH3 is 1. The zero-order chi connectivity index (χ0) is 14.8. The molecule has 0 bridgehead atoms. The fourth-order valence-corrected chi connectivity index (χ4v) is 4.33. The normalized spacial score (nSPS) is 40.2. The number of carboxylic acids is 1. The Kier molecular flexibility index (Phi) is 5.08. The number of rotatable bonds is 4. The Bertz CT molecular complexity index is 335. The van der Waals surface area contributed by atoms with Gasteiger partial charge in [0.2, 0.25) is 0 Å². The van der Waals surface area contributed by atoms with Crippen molar-refractivity contribution < 1.29 is 19.7 Å². The first kappa shape index (κ1) is 15.8. The predicted molar refractivity (Wildman–Crippen MR) is 76.5 cm³/mol. The average molecular weight is 284 g/mol. The first-order chi connectivity index (χ1) is 9.49. The smallest absolute Gasteiger partial charge is 0.309 e. The van der Waals surface area contributed by atoms with Crippen LogP contribution in [0.25, 0.3) is 0 Å². The Labute approximate surface area is 121 Å². The third kappa shape index (κ3) is 3.01. The van der Waals surface area contributed by atoms with Gasteiger partial charge in [-0.1, -0.05) is 12.8 Å². The summed E-state index contributed by atoms with van der Waals surface area (Å²) in [6, 6.07) is 0. The van der Waals surface area contributed by atoms with E-state index in [0.29, 0.717) is 18.4 Å². The van der Waals surface area contributed by atoms with Crippen LogP contribution in [0.3, 0.4) is 0 Å². The van der Waals surface area contributed by atoms with Gasteiger partial charge >= 0.3 is 5.97 Å². The summed E-state index contributed by atoms with van der Waals surface area (Å²) in [7, 11) is 1.76. The monoisotopic (exact) mass is 284 g/mol. The minimum Gasteiger partial charge on any atom is -0.481 e. The van der Waals surface area contributed by atoms with Gasteiger partial charge < -0.3 is 14.9 Å². The number of carbonyl (C=O) groups is 1. The van der Waals surface area contributed by atoms with Crippen molar-refractivity contribution in [2.45, 2.75) is 70.0 Å². The average Bonchev–Trinajstić information content (AvgIpc) is 2.47. The van der Waals surface area contributed by atoms with Crippen molar-refractivity contribution in [1.82, 2.24) is 0 Å². The van der Waals surface area contributed by atoms with Gasteiger partial charge in [0.25, 0.3) is 0 Å². The first-order valence-electron chi connectivity index (χ1n) is 7.97. The molecule has 20 heavy (non-hydrogen) atoms. The second kappa shape index (κ2) is 6.44. The molecule has 116 valence electrons. The molecule has 0 saturated heterocycles. The van der Waals surface area contributed by atoms with Gasteiger partial charge in [-0.05, 0) is 57.3 Å². The van der Waals surface area contributed by atoms with Crippen molar-refractivity contribution in [2.24, 2.45) is 17.8 Å². The molecule has 2 aliphatic carbocycles. The van der Waals surface area contributed by atoms with E-state index in [1.807, 2.05) is 0 Å². The molecule has 2 aliphatic rings. The van der Waals surface area contributed by atoms with Gasteiger partial charge in [-0.15, -0.1) is 0 Å². The zero-order valence-electron chi connectivity index (χ0n) is 12.7. The van der Waals surface area contributed by atoms with Crippen LogP contribution in [0.5, 0.6) is 0 Å². The summed E-state index contributed by atoms with van der Waals surface area (Å²) in [5.41, 5.74) is -1.02. The maximum absolute atomic E-state index is 11.4. The van der Waals surface area contributed by atoms with E-state index in [1.165, 1.54) is 0 Å². The van der Waals surface area contributed by atoms with E-state index in [-0.39, 0.29) is 5.92 Å². The highest BCUT2D eigenvalue weighted by atomic mass is 16.5. The van der Waals surface area contributed by atoms with Gasteiger partial charge in [-0.3, -0.25) is 4.79 Å². The number of hydrogen-bond donors (Lipinski definition) is 2. The Morgan fingerprint density at radius 3 is 2.40 bits per heavy atom. The van der Waals surface area contributed by atoms with Gasteiger partial charge in [0, 0.05) is 7.11 Å². The molecule has 0 aliphatic heterocycles. The Morgan fingerprint density at radius 1 is 1.20 bits per heavy atom. The Morgan fingerprint density at radius 2 is 1.85 bits per heavy atom. The summed E-state index contributed by atoms with van der Waals surface area (Å²) < 4.78 is 5.41. The largest absolute Gasteiger partial charge is 0.481 e. The van der Waals surface area contributed by atoms with Crippen molar-refractivity contribution in [1.29, 1.82) is 0 Å². The van der Waals surface area contributed by atoms with Crippen molar-refractivity contribution in [2.75, 3.05) is 7.11 Å². The van der Waals surface area contributed by atoms with Crippen molar-refractivity contribution in [3.8, 4) is 0 Å². The number of aliphatic hydroxyl groups is 1. The molecule has 0 spiro atoms. The van der Waals surface area contributed by atoms with E-state index in [0.717, 1.165) is 44.9 Å². The highest BCUT2D eigenvalue weighted by Crippen LogP contribution is 2.47. The highest BCUT2D eigenvalue weighted by Gasteiger charge is 2.49. The lowest BCUT2D eigenvalue weighted by atomic mass is 9.61. The molecule has 0 aromatic heterocycles. The third-order valence-electron chi connectivity index (χ3n) is 5.73. The quantitative estimate of drug-likeness (QED) is 0.833. The predicted octanol–water partition coefficient (Wildman–Crippen LogP) is 2.83. The topological polar surface area (TPSA) is 66.8 Å². The standard InChI is InChI=1S/C16H28O4/c1-11(15(17)18)16(19)10-4-3-5-14(16)12-6-8-13(20-2)9-7-12/h11-14,19H,3-10H2,1-2H3,(H,17,18). The van der Waals surface area contributed by atoms with E-state index in [1.54, 1.807) is 14.0 Å². The molecule has 0 radical (unpaired) electrons. The van der Waals surface area contributed by atoms with Crippen molar-refractivity contribution in [3.05, 3.63) is 0 Å². The molecule has 0 aromatic carbocycles. The Hall–Kier alpha value is -0.610. The molecule has 2 N–H and O–H groups in total. The molecule has 0 heterocycles. The van der Waals surface area contributed by atoms with Crippen LogP contribution in [0, 0.1) is 17.8 Å². The maximum atomic E-state index is 11.4. The lowest BCUT2D eigenvalue weighted by Crippen LogP contribution is -2.52. The molecule has 2 fully saturated rings. The van der Waals surface area contributed by atoms with Crippen LogP contribution in [0.2, 0.25) is 0 Å².